The highest BCUT2D eigenvalue weighted by molar-refractivity contribution is 6.04. The number of aromatic nitrogens is 3. The van der Waals surface area contributed by atoms with Gasteiger partial charge in [0.15, 0.2) is 23.1 Å². The Bertz CT molecular complexity index is 1970. The van der Waals surface area contributed by atoms with Crippen molar-refractivity contribution in [3.8, 4) is 34.4 Å². The second kappa shape index (κ2) is 11.7. The quantitative estimate of drug-likeness (QED) is 0.215. The van der Waals surface area contributed by atoms with Crippen molar-refractivity contribution < 1.29 is 28.1 Å². The molecule has 2 aromatic heterocycles. The Morgan fingerprint density at radius 1 is 0.909 bits per heavy atom. The van der Waals surface area contributed by atoms with Crippen LogP contribution in [-0.4, -0.2) is 41.8 Å². The van der Waals surface area contributed by atoms with Crippen molar-refractivity contribution in [2.45, 2.75) is 25.7 Å². The van der Waals surface area contributed by atoms with Gasteiger partial charge in [0.2, 0.25) is 0 Å². The number of anilines is 1. The van der Waals surface area contributed by atoms with Crippen LogP contribution < -0.4 is 29.8 Å². The molecule has 1 aliphatic rings. The zero-order valence-electron chi connectivity index (χ0n) is 24.5. The van der Waals surface area contributed by atoms with E-state index in [0.717, 1.165) is 24.5 Å². The maximum atomic E-state index is 15.2. The van der Waals surface area contributed by atoms with E-state index in [1.807, 2.05) is 13.0 Å². The largest absolute Gasteiger partial charge is 0.497 e. The fourth-order valence-electron chi connectivity index (χ4n) is 5.01. The smallest absolute Gasteiger partial charge is 0.270 e. The van der Waals surface area contributed by atoms with Crippen molar-refractivity contribution in [2.24, 2.45) is 0 Å². The Hall–Kier alpha value is -5.45. The lowest BCUT2D eigenvalue weighted by Crippen LogP contribution is -2.31. The molecule has 2 heterocycles. The summed E-state index contributed by atoms with van der Waals surface area (Å²) in [5.74, 6) is 1.22. The van der Waals surface area contributed by atoms with Gasteiger partial charge < -0.3 is 24.3 Å². The van der Waals surface area contributed by atoms with Gasteiger partial charge in [-0.05, 0) is 67.8 Å². The molecule has 0 atom stereocenters. The van der Waals surface area contributed by atoms with Crippen LogP contribution in [-0.2, 0) is 0 Å². The van der Waals surface area contributed by atoms with E-state index in [0.29, 0.717) is 45.4 Å². The van der Waals surface area contributed by atoms with E-state index in [2.05, 4.69) is 15.3 Å². The van der Waals surface area contributed by atoms with Crippen molar-refractivity contribution >= 4 is 22.5 Å². The molecule has 5 aromatic rings. The molecule has 3 aromatic carbocycles. The molecule has 0 bridgehead atoms. The van der Waals surface area contributed by atoms with Gasteiger partial charge in [-0.3, -0.25) is 19.1 Å². The fraction of sp³-hybridized carbons (Fsp3) is 0.212. The average Bonchev–Trinajstić information content (AvgIpc) is 3.87. The number of hydrogen-bond donors (Lipinski definition) is 1. The van der Waals surface area contributed by atoms with Crippen molar-refractivity contribution in [3.05, 3.63) is 100 Å². The highest BCUT2D eigenvalue weighted by Crippen LogP contribution is 2.40. The summed E-state index contributed by atoms with van der Waals surface area (Å²) in [5.41, 5.74) is 1.45. The van der Waals surface area contributed by atoms with Gasteiger partial charge in [0.05, 0.1) is 32.5 Å². The van der Waals surface area contributed by atoms with Crippen LogP contribution in [0.2, 0.25) is 0 Å². The van der Waals surface area contributed by atoms with Gasteiger partial charge in [-0.15, -0.1) is 0 Å². The summed E-state index contributed by atoms with van der Waals surface area (Å²) in [6.45, 7) is 1.86. The standard InChI is InChI=1S/C33H29FN4O6/c1-18-13-21(41-2)8-9-26(18)38-31(19-5-6-19)36-17-23(33(38)40)32(39)37-20-7-10-28(24(34)14-20)44-27-11-12-35-25-16-30(43-4)29(42-3)15-22(25)27/h7-17,19H,5-6H2,1-4H3,(H,37,39). The average molecular weight is 597 g/mol. The minimum atomic E-state index is -0.721. The maximum absolute atomic E-state index is 15.2. The van der Waals surface area contributed by atoms with Crippen LogP contribution in [0.4, 0.5) is 10.1 Å². The molecule has 0 radical (unpaired) electrons. The summed E-state index contributed by atoms with van der Waals surface area (Å²) in [5, 5.41) is 3.21. The lowest BCUT2D eigenvalue weighted by Gasteiger charge is -2.16. The number of benzene rings is 3. The number of hydrogen-bond acceptors (Lipinski definition) is 8. The van der Waals surface area contributed by atoms with E-state index in [9.17, 15) is 9.59 Å². The molecule has 6 rings (SSSR count). The molecule has 1 N–H and O–H groups in total. The molecule has 10 nitrogen and oxygen atoms in total. The van der Waals surface area contributed by atoms with Crippen molar-refractivity contribution in [1.29, 1.82) is 0 Å². The first-order valence-electron chi connectivity index (χ1n) is 13.9. The van der Waals surface area contributed by atoms with Gasteiger partial charge in [0, 0.05) is 41.5 Å². The molecule has 0 aliphatic heterocycles. The van der Waals surface area contributed by atoms with Crippen molar-refractivity contribution in [3.63, 3.8) is 0 Å². The Morgan fingerprint density at radius 2 is 1.68 bits per heavy atom. The molecule has 11 heteroatoms. The molecule has 1 amide bonds. The number of carbonyl (C=O) groups excluding carboxylic acids is 1. The molecular weight excluding hydrogens is 567 g/mol. The number of nitrogens with one attached hydrogen (secondary N) is 1. The number of rotatable bonds is 9. The van der Waals surface area contributed by atoms with Crippen molar-refractivity contribution in [2.75, 3.05) is 26.6 Å². The van der Waals surface area contributed by atoms with Crippen molar-refractivity contribution in [1.82, 2.24) is 14.5 Å². The van der Waals surface area contributed by atoms with Gasteiger partial charge in [0.25, 0.3) is 11.5 Å². The third-order valence-corrected chi connectivity index (χ3v) is 7.44. The van der Waals surface area contributed by atoms with Crippen LogP contribution >= 0.6 is 0 Å². The van der Waals surface area contributed by atoms with E-state index < -0.39 is 17.3 Å². The second-order valence-corrected chi connectivity index (χ2v) is 10.3. The Labute approximate surface area is 252 Å². The zero-order valence-corrected chi connectivity index (χ0v) is 24.5. The monoisotopic (exact) mass is 596 g/mol. The molecule has 1 aliphatic carbocycles. The van der Waals surface area contributed by atoms with E-state index >= 15 is 4.39 Å². The fourth-order valence-corrected chi connectivity index (χ4v) is 5.01. The number of aryl methyl sites for hydroxylation is 1. The normalized spacial score (nSPS) is 12.6. The number of halogens is 1. The number of nitrogens with zero attached hydrogens (tertiary/aromatic N) is 3. The molecule has 44 heavy (non-hydrogen) atoms. The lowest BCUT2D eigenvalue weighted by atomic mass is 10.1. The minimum absolute atomic E-state index is 0.0712. The first-order valence-corrected chi connectivity index (χ1v) is 13.9. The number of methoxy groups -OCH3 is 3. The Morgan fingerprint density at radius 3 is 2.36 bits per heavy atom. The Balaban J connectivity index is 1.27. The predicted molar refractivity (Wildman–Crippen MR) is 162 cm³/mol. The second-order valence-electron chi connectivity index (χ2n) is 10.3. The van der Waals surface area contributed by atoms with Gasteiger partial charge in [0.1, 0.15) is 22.9 Å². The van der Waals surface area contributed by atoms with E-state index in [1.54, 1.807) is 43.6 Å². The lowest BCUT2D eigenvalue weighted by molar-refractivity contribution is 0.102. The summed E-state index contributed by atoms with van der Waals surface area (Å²) in [6, 6.07) is 14.4. The van der Waals surface area contributed by atoms with Crippen LogP contribution in [0.15, 0.2) is 71.8 Å². The van der Waals surface area contributed by atoms with Crippen LogP contribution in [0.1, 0.15) is 40.5 Å². The summed E-state index contributed by atoms with van der Waals surface area (Å²) in [6.07, 6.45) is 4.65. The van der Waals surface area contributed by atoms with E-state index in [4.69, 9.17) is 18.9 Å². The number of carbonyl (C=O) groups is 1. The maximum Gasteiger partial charge on any atom is 0.270 e. The van der Waals surface area contributed by atoms with Crippen LogP contribution in [0.25, 0.3) is 16.6 Å². The third kappa shape index (κ3) is 5.39. The Kier molecular flexibility index (Phi) is 7.60. The van der Waals surface area contributed by atoms with Gasteiger partial charge in [-0.1, -0.05) is 0 Å². The molecular formula is C33H29FN4O6. The molecule has 0 saturated heterocycles. The number of ether oxygens (including phenoxy) is 4. The highest BCUT2D eigenvalue weighted by atomic mass is 19.1. The first kappa shape index (κ1) is 28.7. The van der Waals surface area contributed by atoms with Gasteiger partial charge >= 0.3 is 0 Å². The number of pyridine rings is 1. The molecule has 224 valence electrons. The van der Waals surface area contributed by atoms with Crippen LogP contribution in [0.3, 0.4) is 0 Å². The molecule has 1 fully saturated rings. The first-order chi connectivity index (χ1) is 21.3. The summed E-state index contributed by atoms with van der Waals surface area (Å²) in [4.78, 5) is 35.8. The summed E-state index contributed by atoms with van der Waals surface area (Å²) in [7, 11) is 4.61. The minimum Gasteiger partial charge on any atom is -0.497 e. The molecule has 1 saturated carbocycles. The number of amides is 1. The SMILES string of the molecule is COc1ccc(-n2c(C3CC3)ncc(C(=O)Nc3ccc(Oc4ccnc5cc(OC)c(OC)cc45)c(F)c3)c2=O)c(C)c1. The van der Waals surface area contributed by atoms with E-state index in [1.165, 1.54) is 37.1 Å². The summed E-state index contributed by atoms with van der Waals surface area (Å²) >= 11 is 0. The molecule has 0 spiro atoms. The number of fused-ring (bicyclic) bond motifs is 1. The predicted octanol–water partition coefficient (Wildman–Crippen LogP) is 6.18. The summed E-state index contributed by atoms with van der Waals surface area (Å²) < 4.78 is 38.7. The zero-order chi connectivity index (χ0) is 31.0. The van der Waals surface area contributed by atoms with E-state index in [-0.39, 0.29) is 22.9 Å². The van der Waals surface area contributed by atoms with Crippen LogP contribution in [0.5, 0.6) is 28.7 Å². The topological polar surface area (TPSA) is 114 Å². The third-order valence-electron chi connectivity index (χ3n) is 7.44. The highest BCUT2D eigenvalue weighted by Gasteiger charge is 2.31. The van der Waals surface area contributed by atoms with Gasteiger partial charge in [-0.25, -0.2) is 9.37 Å². The van der Waals surface area contributed by atoms with Gasteiger partial charge in [-0.2, -0.15) is 0 Å². The molecule has 0 unspecified atom stereocenters. The van der Waals surface area contributed by atoms with Crippen LogP contribution in [0, 0.1) is 12.7 Å².